The molecule has 1 fully saturated rings. The second kappa shape index (κ2) is 17.7. The lowest BCUT2D eigenvalue weighted by Crippen LogP contribution is -2.38. The minimum absolute atomic E-state index is 0.0299. The Hall–Kier alpha value is -5.52. The quantitative estimate of drug-likeness (QED) is 0.0932. The number of nitrogens with zero attached hydrogens (tertiary/aromatic N) is 1. The van der Waals surface area contributed by atoms with Crippen LogP contribution in [0.25, 0.3) is 33.7 Å². The highest BCUT2D eigenvalue weighted by Gasteiger charge is 2.38. The van der Waals surface area contributed by atoms with Crippen LogP contribution >= 0.6 is 11.8 Å². The number of carboxylic acids is 1. The molecule has 4 atom stereocenters. The van der Waals surface area contributed by atoms with Crippen molar-refractivity contribution in [1.29, 1.82) is 0 Å². The second-order valence-corrected chi connectivity index (χ2v) is 14.4. The van der Waals surface area contributed by atoms with Gasteiger partial charge in [0.25, 0.3) is 5.22 Å². The van der Waals surface area contributed by atoms with Crippen LogP contribution in [0, 0.1) is 5.92 Å². The van der Waals surface area contributed by atoms with Gasteiger partial charge < -0.3 is 29.4 Å². The summed E-state index contributed by atoms with van der Waals surface area (Å²) >= 11 is 1.52. The number of aliphatic hydroxyl groups is 1. The van der Waals surface area contributed by atoms with Crippen LogP contribution in [0.1, 0.15) is 54.4 Å². The number of carbonyl (C=O) groups is 2. The second-order valence-electron chi connectivity index (χ2n) is 13.5. The molecule has 55 heavy (non-hydrogen) atoms. The molecule has 0 saturated carbocycles. The first-order valence-corrected chi connectivity index (χ1v) is 19.3. The van der Waals surface area contributed by atoms with E-state index in [4.69, 9.17) is 24.0 Å². The van der Waals surface area contributed by atoms with Crippen LogP contribution in [0.3, 0.4) is 0 Å². The Bertz CT molecular complexity index is 2130. The molecule has 1 amide bonds. The van der Waals surface area contributed by atoms with E-state index in [1.54, 1.807) is 0 Å². The van der Waals surface area contributed by atoms with E-state index in [1.807, 2.05) is 133 Å². The smallest absolute Gasteiger partial charge is 0.303 e. The SMILES string of the molecule is C[C@H]1[C@@H](CSc2nc(-c3ccccc3)c(-c3ccccc3)o2)O[C@@H](c2ccc(-c3ccccc3CNC(=O)CCC(=O)O)cc2)O[C@H]1c1ccc(CO)cc1. The number of rotatable bonds is 14. The van der Waals surface area contributed by atoms with Gasteiger partial charge in [-0.2, -0.15) is 0 Å². The minimum Gasteiger partial charge on any atom is -0.481 e. The molecule has 3 N–H and O–H groups in total. The Morgan fingerprint density at radius 3 is 2.09 bits per heavy atom. The van der Waals surface area contributed by atoms with Crippen molar-refractivity contribution in [2.75, 3.05) is 5.75 Å². The number of ether oxygens (including phenoxy) is 2. The molecule has 6 aromatic rings. The zero-order valence-corrected chi connectivity index (χ0v) is 31.2. The number of amides is 1. The van der Waals surface area contributed by atoms with Gasteiger partial charge in [-0.05, 0) is 27.8 Å². The fourth-order valence-corrected chi connectivity index (χ4v) is 7.67. The van der Waals surface area contributed by atoms with E-state index in [9.17, 15) is 14.7 Å². The van der Waals surface area contributed by atoms with Gasteiger partial charge in [-0.15, -0.1) is 0 Å². The molecular formula is C45H42N2O7S. The Morgan fingerprint density at radius 2 is 1.40 bits per heavy atom. The van der Waals surface area contributed by atoms with E-state index < -0.39 is 12.3 Å². The molecule has 1 aliphatic rings. The van der Waals surface area contributed by atoms with E-state index in [0.29, 0.717) is 11.0 Å². The Balaban J connectivity index is 1.12. The summed E-state index contributed by atoms with van der Waals surface area (Å²) in [7, 11) is 0. The predicted molar refractivity (Wildman–Crippen MR) is 212 cm³/mol. The number of hydrogen-bond acceptors (Lipinski definition) is 8. The third-order valence-electron chi connectivity index (χ3n) is 9.74. The van der Waals surface area contributed by atoms with Crippen molar-refractivity contribution in [3.63, 3.8) is 0 Å². The first kappa shape index (κ1) is 37.8. The van der Waals surface area contributed by atoms with Crippen LogP contribution in [-0.4, -0.2) is 38.9 Å². The van der Waals surface area contributed by atoms with Gasteiger partial charge in [0.15, 0.2) is 12.1 Å². The summed E-state index contributed by atoms with van der Waals surface area (Å²) in [5.74, 6) is -0.0529. The van der Waals surface area contributed by atoms with Crippen molar-refractivity contribution in [3.8, 4) is 33.7 Å². The first-order valence-electron chi connectivity index (χ1n) is 18.3. The average molecular weight is 755 g/mol. The zero-order chi connectivity index (χ0) is 38.1. The fourth-order valence-electron chi connectivity index (χ4n) is 6.68. The van der Waals surface area contributed by atoms with Crippen LogP contribution in [0.4, 0.5) is 0 Å². The zero-order valence-electron chi connectivity index (χ0n) is 30.3. The molecule has 0 unspecified atom stereocenters. The molecule has 10 heteroatoms. The lowest BCUT2D eigenvalue weighted by atomic mass is 9.91. The molecular weight excluding hydrogens is 713 g/mol. The van der Waals surface area contributed by atoms with Crippen LogP contribution < -0.4 is 5.32 Å². The number of carboxylic acid groups (broad SMARTS) is 1. The lowest BCUT2D eigenvalue weighted by molar-refractivity contribution is -0.268. The third kappa shape index (κ3) is 9.24. The van der Waals surface area contributed by atoms with E-state index in [2.05, 4.69) is 12.2 Å². The van der Waals surface area contributed by atoms with Gasteiger partial charge in [-0.25, -0.2) is 4.98 Å². The van der Waals surface area contributed by atoms with E-state index in [-0.39, 0.29) is 50.0 Å². The molecule has 2 heterocycles. The fraction of sp³-hybridized carbons (Fsp3) is 0.222. The molecule has 0 spiro atoms. The number of benzene rings is 5. The van der Waals surface area contributed by atoms with Crippen molar-refractivity contribution >= 4 is 23.6 Å². The van der Waals surface area contributed by atoms with Gasteiger partial charge >= 0.3 is 5.97 Å². The topological polar surface area (TPSA) is 131 Å². The minimum atomic E-state index is -1.00. The van der Waals surface area contributed by atoms with Crippen molar-refractivity contribution in [1.82, 2.24) is 10.3 Å². The molecule has 280 valence electrons. The molecule has 0 aliphatic carbocycles. The van der Waals surface area contributed by atoms with Crippen molar-refractivity contribution in [2.45, 2.75) is 56.6 Å². The summed E-state index contributed by atoms with van der Waals surface area (Å²) in [6, 6.07) is 43.7. The van der Waals surface area contributed by atoms with E-state index in [1.165, 1.54) is 11.8 Å². The van der Waals surface area contributed by atoms with Gasteiger partial charge in [0.1, 0.15) is 5.69 Å². The van der Waals surface area contributed by atoms with Crippen molar-refractivity contribution in [3.05, 3.63) is 156 Å². The monoisotopic (exact) mass is 754 g/mol. The Morgan fingerprint density at radius 1 is 0.745 bits per heavy atom. The molecule has 0 bridgehead atoms. The van der Waals surface area contributed by atoms with Gasteiger partial charge in [0.2, 0.25) is 5.91 Å². The molecule has 5 aromatic carbocycles. The Kier molecular flexibility index (Phi) is 12.2. The largest absolute Gasteiger partial charge is 0.481 e. The number of aliphatic carboxylic acids is 1. The maximum Gasteiger partial charge on any atom is 0.303 e. The summed E-state index contributed by atoms with van der Waals surface area (Å²) in [5.41, 5.74) is 8.23. The van der Waals surface area contributed by atoms with E-state index in [0.717, 1.165) is 56.0 Å². The number of oxazole rings is 1. The third-order valence-corrected chi connectivity index (χ3v) is 10.7. The van der Waals surface area contributed by atoms with E-state index >= 15 is 0 Å². The normalized spacial score (nSPS) is 18.1. The molecule has 1 saturated heterocycles. The molecule has 1 aromatic heterocycles. The number of thioether (sulfide) groups is 1. The highest BCUT2D eigenvalue weighted by Crippen LogP contribution is 2.44. The lowest BCUT2D eigenvalue weighted by Gasteiger charge is -2.41. The van der Waals surface area contributed by atoms with Crippen molar-refractivity contribution < 1.29 is 33.7 Å². The van der Waals surface area contributed by atoms with Gasteiger partial charge in [-0.1, -0.05) is 152 Å². The molecule has 9 nitrogen and oxygen atoms in total. The number of nitrogens with one attached hydrogen (secondary N) is 1. The van der Waals surface area contributed by atoms with Crippen LogP contribution in [0.15, 0.2) is 143 Å². The maximum atomic E-state index is 12.2. The van der Waals surface area contributed by atoms with Gasteiger partial charge in [0, 0.05) is 41.3 Å². The predicted octanol–water partition coefficient (Wildman–Crippen LogP) is 9.23. The van der Waals surface area contributed by atoms with Crippen LogP contribution in [0.2, 0.25) is 0 Å². The number of aliphatic hydroxyl groups excluding tert-OH is 1. The molecule has 1 aliphatic heterocycles. The number of aromatic nitrogens is 1. The summed E-state index contributed by atoms with van der Waals surface area (Å²) in [6.45, 7) is 2.38. The standard InChI is InChI=1S/C45H42N2O7S/c1-29-38(28-55-45-47-41(32-10-4-2-5-11-32)43(54-45)33-12-6-3-7-13-33)52-44(53-42(29)34-18-16-30(27-48)17-19-34)35-22-20-31(21-23-35)37-15-9-8-14-36(37)26-46-39(49)24-25-40(50)51/h2-23,29,38,42,44,48H,24-28H2,1H3,(H,46,49)(H,50,51)/t29-,38+,42+,44+/m0/s1. The highest BCUT2D eigenvalue weighted by molar-refractivity contribution is 7.99. The van der Waals surface area contributed by atoms with Gasteiger partial charge in [-0.3, -0.25) is 9.59 Å². The van der Waals surface area contributed by atoms with Crippen LogP contribution in [0.5, 0.6) is 0 Å². The maximum absolute atomic E-state index is 12.2. The Labute approximate surface area is 324 Å². The van der Waals surface area contributed by atoms with Crippen LogP contribution in [-0.2, 0) is 32.2 Å². The summed E-state index contributed by atoms with van der Waals surface area (Å²) in [4.78, 5) is 28.1. The first-order chi connectivity index (χ1) is 26.9. The van der Waals surface area contributed by atoms with Gasteiger partial charge in [0.05, 0.1) is 25.2 Å². The number of carbonyl (C=O) groups excluding carboxylic acids is 1. The summed E-state index contributed by atoms with van der Waals surface area (Å²) in [6.07, 6.45) is -1.46. The molecule has 0 radical (unpaired) electrons. The summed E-state index contributed by atoms with van der Waals surface area (Å²) in [5, 5.41) is 22.0. The molecule has 7 rings (SSSR count). The summed E-state index contributed by atoms with van der Waals surface area (Å²) < 4.78 is 19.9. The number of hydrogen-bond donors (Lipinski definition) is 3. The van der Waals surface area contributed by atoms with Crippen molar-refractivity contribution in [2.24, 2.45) is 5.92 Å². The highest BCUT2D eigenvalue weighted by atomic mass is 32.2. The average Bonchev–Trinajstić information content (AvgIpc) is 3.67.